The molecule has 4 rings (SSSR count). The third-order valence-electron chi connectivity index (χ3n) is 5.09. The highest BCUT2D eigenvalue weighted by molar-refractivity contribution is 6.02. The van der Waals surface area contributed by atoms with Crippen molar-refractivity contribution in [2.24, 2.45) is 7.05 Å². The number of nitrogens with zero attached hydrogens (tertiary/aromatic N) is 2. The van der Waals surface area contributed by atoms with E-state index in [0.29, 0.717) is 0 Å². The summed E-state index contributed by atoms with van der Waals surface area (Å²) in [5, 5.41) is 2.93. The van der Waals surface area contributed by atoms with Crippen LogP contribution in [-0.2, 0) is 11.8 Å². The van der Waals surface area contributed by atoms with E-state index in [1.165, 1.54) is 5.56 Å². The molecule has 0 spiro atoms. The number of carbonyl (C=O) groups excluding carboxylic acids is 1. The molecule has 0 aliphatic heterocycles. The van der Waals surface area contributed by atoms with Crippen LogP contribution in [0.4, 0.5) is 5.69 Å². The largest absolute Gasteiger partial charge is 0.331 e. The molecule has 1 aromatic heterocycles. The maximum atomic E-state index is 12.4. The molecule has 30 heavy (non-hydrogen) atoms. The Morgan fingerprint density at radius 3 is 2.30 bits per heavy atom. The van der Waals surface area contributed by atoms with E-state index in [9.17, 15) is 4.79 Å². The van der Waals surface area contributed by atoms with Gasteiger partial charge in [0.15, 0.2) is 0 Å². The molecule has 0 aliphatic carbocycles. The Morgan fingerprint density at radius 1 is 0.900 bits per heavy atom. The summed E-state index contributed by atoms with van der Waals surface area (Å²) in [4.78, 5) is 16.7. The van der Waals surface area contributed by atoms with E-state index < -0.39 is 0 Å². The van der Waals surface area contributed by atoms with Crippen LogP contribution in [0.3, 0.4) is 0 Å². The van der Waals surface area contributed by atoms with Crippen LogP contribution in [0.5, 0.6) is 0 Å². The lowest BCUT2D eigenvalue weighted by atomic mass is 10.0. The quantitative estimate of drug-likeness (QED) is 0.441. The lowest BCUT2D eigenvalue weighted by Crippen LogP contribution is -2.07. The Morgan fingerprint density at radius 2 is 1.60 bits per heavy atom. The number of hydrogen-bond acceptors (Lipinski definition) is 2. The van der Waals surface area contributed by atoms with Gasteiger partial charge >= 0.3 is 0 Å². The Hall–Kier alpha value is -3.92. The van der Waals surface area contributed by atoms with Crippen LogP contribution in [0, 0.1) is 6.92 Å². The summed E-state index contributed by atoms with van der Waals surface area (Å²) in [6.07, 6.45) is 5.21. The van der Waals surface area contributed by atoms with Crippen molar-refractivity contribution in [2.75, 3.05) is 5.32 Å². The molecule has 1 amide bonds. The zero-order valence-electron chi connectivity index (χ0n) is 17.0. The zero-order valence-corrected chi connectivity index (χ0v) is 17.0. The molecule has 0 saturated heterocycles. The summed E-state index contributed by atoms with van der Waals surface area (Å²) in [6, 6.07) is 26.1. The van der Waals surface area contributed by atoms with Crippen molar-refractivity contribution in [3.8, 4) is 22.4 Å². The van der Waals surface area contributed by atoms with Crippen LogP contribution in [0.1, 0.15) is 11.4 Å². The standard InChI is InChI=1S/C26H23N3O/c1-19-27-18-25(29(19)2)23-9-6-10-24(17-23)28-26(30)16-13-20-11-14-22(15-12-20)21-7-4-3-5-8-21/h3-18H,1-2H3,(H,28,30)/b16-13+. The van der Waals surface area contributed by atoms with Crippen LogP contribution in [0.2, 0.25) is 0 Å². The lowest BCUT2D eigenvalue weighted by molar-refractivity contribution is -0.111. The zero-order chi connectivity index (χ0) is 20.9. The number of amides is 1. The van der Waals surface area contributed by atoms with Crippen molar-refractivity contribution in [1.29, 1.82) is 0 Å². The first-order valence-electron chi connectivity index (χ1n) is 9.83. The molecule has 0 aliphatic rings. The summed E-state index contributed by atoms with van der Waals surface area (Å²) in [6.45, 7) is 1.96. The van der Waals surface area contributed by atoms with E-state index in [-0.39, 0.29) is 5.91 Å². The highest BCUT2D eigenvalue weighted by atomic mass is 16.1. The normalized spacial score (nSPS) is 11.0. The van der Waals surface area contributed by atoms with Gasteiger partial charge in [-0.1, -0.05) is 66.7 Å². The molecular weight excluding hydrogens is 370 g/mol. The second kappa shape index (κ2) is 8.62. The van der Waals surface area contributed by atoms with Gasteiger partial charge in [-0.3, -0.25) is 4.79 Å². The number of aromatic nitrogens is 2. The van der Waals surface area contributed by atoms with Crippen molar-refractivity contribution in [1.82, 2.24) is 9.55 Å². The molecule has 0 atom stereocenters. The minimum atomic E-state index is -0.166. The minimum Gasteiger partial charge on any atom is -0.331 e. The molecular formula is C26H23N3O. The second-order valence-corrected chi connectivity index (χ2v) is 7.14. The molecule has 0 saturated carbocycles. The van der Waals surface area contributed by atoms with E-state index in [2.05, 4.69) is 34.6 Å². The monoisotopic (exact) mass is 393 g/mol. The van der Waals surface area contributed by atoms with E-state index >= 15 is 0 Å². The summed E-state index contributed by atoms with van der Waals surface area (Å²) in [5.41, 5.74) is 6.08. The van der Waals surface area contributed by atoms with Crippen LogP contribution < -0.4 is 5.32 Å². The predicted octanol–water partition coefficient (Wildman–Crippen LogP) is 5.71. The minimum absolute atomic E-state index is 0.166. The average molecular weight is 393 g/mol. The van der Waals surface area contributed by atoms with Crippen LogP contribution in [0.25, 0.3) is 28.5 Å². The number of benzene rings is 3. The lowest BCUT2D eigenvalue weighted by Gasteiger charge is -2.07. The number of hydrogen-bond donors (Lipinski definition) is 1. The van der Waals surface area contributed by atoms with Crippen molar-refractivity contribution in [2.45, 2.75) is 6.92 Å². The molecule has 0 radical (unpaired) electrons. The maximum absolute atomic E-state index is 12.4. The molecule has 4 nitrogen and oxygen atoms in total. The van der Waals surface area contributed by atoms with E-state index in [1.807, 2.05) is 85.4 Å². The first-order valence-corrected chi connectivity index (χ1v) is 9.83. The molecule has 0 bridgehead atoms. The van der Waals surface area contributed by atoms with Crippen molar-refractivity contribution < 1.29 is 4.79 Å². The third-order valence-corrected chi connectivity index (χ3v) is 5.09. The number of anilines is 1. The predicted molar refractivity (Wildman–Crippen MR) is 123 cm³/mol. The summed E-state index contributed by atoms with van der Waals surface area (Å²) >= 11 is 0. The molecule has 148 valence electrons. The van der Waals surface area contributed by atoms with Gasteiger partial charge < -0.3 is 9.88 Å². The van der Waals surface area contributed by atoms with Gasteiger partial charge in [-0.15, -0.1) is 0 Å². The Bertz CT molecular complexity index is 1190. The van der Waals surface area contributed by atoms with Crippen molar-refractivity contribution in [3.63, 3.8) is 0 Å². The summed E-state index contributed by atoms with van der Waals surface area (Å²) < 4.78 is 2.03. The number of carbonyl (C=O) groups is 1. The summed E-state index contributed by atoms with van der Waals surface area (Å²) in [5.74, 6) is 0.779. The van der Waals surface area contributed by atoms with Crippen LogP contribution >= 0.6 is 0 Å². The van der Waals surface area contributed by atoms with Crippen LogP contribution in [-0.4, -0.2) is 15.5 Å². The Balaban J connectivity index is 1.43. The fourth-order valence-corrected chi connectivity index (χ4v) is 3.30. The second-order valence-electron chi connectivity index (χ2n) is 7.14. The topological polar surface area (TPSA) is 46.9 Å². The number of imidazole rings is 1. The Labute approximate surface area is 176 Å². The molecule has 0 unspecified atom stereocenters. The fourth-order valence-electron chi connectivity index (χ4n) is 3.30. The summed E-state index contributed by atoms with van der Waals surface area (Å²) in [7, 11) is 1.98. The van der Waals surface area contributed by atoms with Gasteiger partial charge in [-0.05, 0) is 41.8 Å². The molecule has 1 N–H and O–H groups in total. The molecule has 0 fully saturated rings. The molecule has 1 heterocycles. The molecule has 4 heteroatoms. The van der Waals surface area contributed by atoms with E-state index in [0.717, 1.165) is 33.9 Å². The first kappa shape index (κ1) is 19.4. The van der Waals surface area contributed by atoms with Gasteiger partial charge in [-0.25, -0.2) is 4.98 Å². The van der Waals surface area contributed by atoms with Gasteiger partial charge in [0.05, 0.1) is 11.9 Å². The van der Waals surface area contributed by atoms with Gasteiger partial charge in [-0.2, -0.15) is 0 Å². The fraction of sp³-hybridized carbons (Fsp3) is 0.0769. The van der Waals surface area contributed by atoms with Crippen molar-refractivity contribution in [3.05, 3.63) is 103 Å². The van der Waals surface area contributed by atoms with E-state index in [4.69, 9.17) is 0 Å². The smallest absolute Gasteiger partial charge is 0.248 e. The maximum Gasteiger partial charge on any atom is 0.248 e. The van der Waals surface area contributed by atoms with Crippen molar-refractivity contribution >= 4 is 17.7 Å². The van der Waals surface area contributed by atoms with Gasteiger partial charge in [0, 0.05) is 24.4 Å². The highest BCUT2D eigenvalue weighted by Gasteiger charge is 2.07. The number of rotatable bonds is 5. The SMILES string of the molecule is Cc1ncc(-c2cccc(NC(=O)/C=C/c3ccc(-c4ccccc4)cc3)c2)n1C. The Kier molecular flexibility index (Phi) is 5.57. The van der Waals surface area contributed by atoms with E-state index in [1.54, 1.807) is 6.08 Å². The van der Waals surface area contributed by atoms with Crippen LogP contribution in [0.15, 0.2) is 91.1 Å². The molecule has 4 aromatic rings. The first-order chi connectivity index (χ1) is 14.6. The third kappa shape index (κ3) is 4.39. The average Bonchev–Trinajstić information content (AvgIpc) is 3.12. The van der Waals surface area contributed by atoms with Gasteiger partial charge in [0.1, 0.15) is 5.82 Å². The number of aryl methyl sites for hydroxylation is 1. The highest BCUT2D eigenvalue weighted by Crippen LogP contribution is 2.23. The van der Waals surface area contributed by atoms with Gasteiger partial charge in [0.2, 0.25) is 5.91 Å². The number of nitrogens with one attached hydrogen (secondary N) is 1. The molecule has 3 aromatic carbocycles. The van der Waals surface area contributed by atoms with Gasteiger partial charge in [0.25, 0.3) is 0 Å².